The van der Waals surface area contributed by atoms with Crippen molar-refractivity contribution < 1.29 is 14.5 Å². The quantitative estimate of drug-likeness (QED) is 0.525. The van der Waals surface area contributed by atoms with Crippen molar-refractivity contribution in [3.05, 3.63) is 29.3 Å². The minimum Gasteiger partial charge on any atom is -0.351 e. The number of hydrogen-bond donors (Lipinski definition) is 2. The van der Waals surface area contributed by atoms with Crippen LogP contribution < -0.4 is 10.2 Å². The van der Waals surface area contributed by atoms with Crippen LogP contribution in [0.1, 0.15) is 30.9 Å². The number of nitrogens with one attached hydrogen (secondary N) is 2. The van der Waals surface area contributed by atoms with Crippen molar-refractivity contribution in [1.29, 1.82) is 0 Å². The molecule has 1 fully saturated rings. The molecule has 2 N–H and O–H groups in total. The smallest absolute Gasteiger partial charge is 0.275 e. The van der Waals surface area contributed by atoms with Crippen LogP contribution >= 0.6 is 11.8 Å². The van der Waals surface area contributed by atoms with Gasteiger partial charge in [-0.3, -0.25) is 9.59 Å². The van der Waals surface area contributed by atoms with Gasteiger partial charge < -0.3 is 15.1 Å². The van der Waals surface area contributed by atoms with Crippen molar-refractivity contribution in [1.82, 2.24) is 10.2 Å². The van der Waals surface area contributed by atoms with Gasteiger partial charge >= 0.3 is 0 Å². The Morgan fingerprint density at radius 2 is 1.96 bits per heavy atom. The number of unbranched alkanes of at least 4 members (excludes halogenated alkanes) is 1. The fourth-order valence-electron chi connectivity index (χ4n) is 3.14. The first-order valence-electron chi connectivity index (χ1n) is 9.57. The predicted molar refractivity (Wildman–Crippen MR) is 107 cm³/mol. The Morgan fingerprint density at radius 1 is 1.23 bits per heavy atom. The van der Waals surface area contributed by atoms with Gasteiger partial charge in [-0.05, 0) is 31.9 Å². The van der Waals surface area contributed by atoms with Gasteiger partial charge in [0.2, 0.25) is 5.91 Å². The first kappa shape index (κ1) is 20.8. The molecule has 144 valence electrons. The second-order valence-electron chi connectivity index (χ2n) is 7.07. The third-order valence-electron chi connectivity index (χ3n) is 4.77. The molecule has 0 aliphatic carbocycles. The molecule has 1 aliphatic heterocycles. The third kappa shape index (κ3) is 6.65. The third-order valence-corrected chi connectivity index (χ3v) is 5.93. The number of nitrogens with zero attached hydrogens (tertiary/aromatic N) is 1. The summed E-state index contributed by atoms with van der Waals surface area (Å²) in [5, 5.41) is 2.97. The number of rotatable bonds is 8. The number of amides is 2. The molecule has 0 aromatic heterocycles. The molecule has 1 heterocycles. The van der Waals surface area contributed by atoms with E-state index in [1.165, 1.54) is 20.9 Å². The molecule has 0 radical (unpaired) electrons. The van der Waals surface area contributed by atoms with E-state index in [0.717, 1.165) is 45.6 Å². The molecule has 0 spiro atoms. The highest BCUT2D eigenvalue weighted by molar-refractivity contribution is 8.00. The summed E-state index contributed by atoms with van der Waals surface area (Å²) in [6, 6.07) is 6.34. The lowest BCUT2D eigenvalue weighted by atomic mass is 10.2. The topological polar surface area (TPSA) is 53.9 Å². The Hall–Kier alpha value is -1.53. The zero-order valence-electron chi connectivity index (χ0n) is 16.3. The average molecular weight is 379 g/mol. The van der Waals surface area contributed by atoms with Gasteiger partial charge in [-0.2, -0.15) is 0 Å². The summed E-state index contributed by atoms with van der Waals surface area (Å²) in [5.41, 5.74) is 2.47. The zero-order valence-corrected chi connectivity index (χ0v) is 17.1. The van der Waals surface area contributed by atoms with Crippen LogP contribution in [0.5, 0.6) is 0 Å². The largest absolute Gasteiger partial charge is 0.351 e. The maximum atomic E-state index is 12.5. The molecule has 6 heteroatoms. The lowest BCUT2D eigenvalue weighted by Crippen LogP contribution is -3.15. The normalized spacial score (nSPS) is 15.1. The maximum Gasteiger partial charge on any atom is 0.275 e. The van der Waals surface area contributed by atoms with Gasteiger partial charge in [-0.1, -0.05) is 31.0 Å². The monoisotopic (exact) mass is 378 g/mol. The molecule has 1 saturated heterocycles. The number of benzene rings is 1. The van der Waals surface area contributed by atoms with Gasteiger partial charge in [-0.25, -0.2) is 0 Å². The Balaban J connectivity index is 1.70. The number of thioether (sulfide) groups is 1. The SMILES string of the molecule is CCCCNC(=O)C[NH+]1CCN(C(=O)CSc2ccc(C)cc2C)CC1. The van der Waals surface area contributed by atoms with Gasteiger partial charge in [0, 0.05) is 11.4 Å². The molecule has 1 aliphatic rings. The Kier molecular flexibility index (Phi) is 8.45. The molecule has 0 bridgehead atoms. The number of quaternary nitrogens is 1. The van der Waals surface area contributed by atoms with Crippen molar-refractivity contribution in [3.63, 3.8) is 0 Å². The van der Waals surface area contributed by atoms with E-state index >= 15 is 0 Å². The first-order valence-corrected chi connectivity index (χ1v) is 10.6. The Bertz CT molecular complexity index is 613. The maximum absolute atomic E-state index is 12.5. The van der Waals surface area contributed by atoms with Crippen molar-refractivity contribution in [2.45, 2.75) is 38.5 Å². The van der Waals surface area contributed by atoms with Crippen LogP contribution in [-0.4, -0.2) is 61.7 Å². The van der Waals surface area contributed by atoms with Crippen molar-refractivity contribution in [3.8, 4) is 0 Å². The lowest BCUT2D eigenvalue weighted by molar-refractivity contribution is -0.896. The highest BCUT2D eigenvalue weighted by Crippen LogP contribution is 2.23. The molecular weight excluding hydrogens is 346 g/mol. The highest BCUT2D eigenvalue weighted by atomic mass is 32.2. The van der Waals surface area contributed by atoms with Crippen LogP contribution in [0.2, 0.25) is 0 Å². The second kappa shape index (κ2) is 10.6. The van der Waals surface area contributed by atoms with Gasteiger partial charge in [-0.15, -0.1) is 11.8 Å². The van der Waals surface area contributed by atoms with E-state index < -0.39 is 0 Å². The summed E-state index contributed by atoms with van der Waals surface area (Å²) in [7, 11) is 0. The van der Waals surface area contributed by atoms with Crippen LogP contribution in [0.4, 0.5) is 0 Å². The van der Waals surface area contributed by atoms with Gasteiger partial charge in [0.1, 0.15) is 0 Å². The van der Waals surface area contributed by atoms with Crippen molar-refractivity contribution in [2.75, 3.05) is 45.0 Å². The summed E-state index contributed by atoms with van der Waals surface area (Å²) < 4.78 is 0. The molecular formula is C20H32N3O2S+. The van der Waals surface area contributed by atoms with Crippen LogP contribution in [0.25, 0.3) is 0 Å². The molecule has 5 nitrogen and oxygen atoms in total. The lowest BCUT2D eigenvalue weighted by Gasteiger charge is -2.31. The summed E-state index contributed by atoms with van der Waals surface area (Å²) in [6.45, 7) is 10.8. The van der Waals surface area contributed by atoms with Crippen LogP contribution in [-0.2, 0) is 9.59 Å². The second-order valence-corrected chi connectivity index (χ2v) is 8.09. The molecule has 0 unspecified atom stereocenters. The number of hydrogen-bond acceptors (Lipinski definition) is 3. The zero-order chi connectivity index (χ0) is 18.9. The summed E-state index contributed by atoms with van der Waals surface area (Å²) in [6.07, 6.45) is 2.12. The molecule has 2 rings (SSSR count). The molecule has 0 saturated carbocycles. The number of carbonyl (C=O) groups excluding carboxylic acids is 2. The van der Waals surface area contributed by atoms with E-state index in [4.69, 9.17) is 0 Å². The van der Waals surface area contributed by atoms with Crippen LogP contribution in [0, 0.1) is 13.8 Å². The first-order chi connectivity index (χ1) is 12.5. The standard InChI is InChI=1S/C20H31N3O2S/c1-4-5-8-21-19(24)14-22-9-11-23(12-10-22)20(25)15-26-18-7-6-16(2)13-17(18)3/h6-7,13H,4-5,8-12,14-15H2,1-3H3,(H,21,24)/p+1. The van der Waals surface area contributed by atoms with E-state index in [2.05, 4.69) is 44.3 Å². The minimum atomic E-state index is 0.124. The molecule has 2 amide bonds. The number of aryl methyl sites for hydroxylation is 2. The van der Waals surface area contributed by atoms with E-state index in [1.54, 1.807) is 11.8 Å². The van der Waals surface area contributed by atoms with Gasteiger partial charge in [0.25, 0.3) is 5.91 Å². The van der Waals surface area contributed by atoms with Crippen LogP contribution in [0.3, 0.4) is 0 Å². The average Bonchev–Trinajstić information content (AvgIpc) is 2.61. The van der Waals surface area contributed by atoms with E-state index in [-0.39, 0.29) is 11.8 Å². The van der Waals surface area contributed by atoms with Crippen molar-refractivity contribution in [2.24, 2.45) is 0 Å². The number of carbonyl (C=O) groups is 2. The predicted octanol–water partition coefficient (Wildman–Crippen LogP) is 1.04. The highest BCUT2D eigenvalue weighted by Gasteiger charge is 2.25. The Morgan fingerprint density at radius 3 is 2.62 bits per heavy atom. The molecule has 0 atom stereocenters. The molecule has 1 aromatic carbocycles. The van der Waals surface area contributed by atoms with Gasteiger partial charge in [0.15, 0.2) is 6.54 Å². The fourth-order valence-corrected chi connectivity index (χ4v) is 4.05. The van der Waals surface area contributed by atoms with E-state index in [0.29, 0.717) is 12.3 Å². The van der Waals surface area contributed by atoms with Gasteiger partial charge in [0.05, 0.1) is 31.9 Å². The fraction of sp³-hybridized carbons (Fsp3) is 0.600. The summed E-state index contributed by atoms with van der Waals surface area (Å²) in [5.74, 6) is 0.802. The van der Waals surface area contributed by atoms with Crippen molar-refractivity contribution >= 4 is 23.6 Å². The Labute approximate surface area is 161 Å². The number of piperazine rings is 1. The summed E-state index contributed by atoms with van der Waals surface area (Å²) >= 11 is 1.62. The molecule has 26 heavy (non-hydrogen) atoms. The summed E-state index contributed by atoms with van der Waals surface area (Å²) in [4.78, 5) is 28.8. The minimum absolute atomic E-state index is 0.124. The van der Waals surface area contributed by atoms with Crippen LogP contribution in [0.15, 0.2) is 23.1 Å². The molecule has 1 aromatic rings. The van der Waals surface area contributed by atoms with E-state index in [1.807, 2.05) is 4.90 Å². The van der Waals surface area contributed by atoms with E-state index in [9.17, 15) is 9.59 Å².